The molecule has 0 heterocycles. The molecule has 0 atom stereocenters. The number of hydrogen-bond donors (Lipinski definition) is 2. The van der Waals surface area contributed by atoms with Crippen molar-refractivity contribution in [2.45, 2.75) is 0 Å². The number of aromatic carboxylic acids is 1. The van der Waals surface area contributed by atoms with Gasteiger partial charge in [-0.15, -0.1) is 0 Å². The number of rotatable bonds is 4. The molecule has 4 nitrogen and oxygen atoms in total. The molecule has 0 amide bonds. The van der Waals surface area contributed by atoms with Gasteiger partial charge in [0.05, 0.1) is 22.5 Å². The molecular formula is C14H10BrClN2O2. The quantitative estimate of drug-likeness (QED) is 0.638. The highest BCUT2D eigenvalue weighted by atomic mass is 79.9. The maximum atomic E-state index is 11.0. The molecule has 2 aromatic rings. The zero-order chi connectivity index (χ0) is 14.5. The second-order valence-corrected chi connectivity index (χ2v) is 5.15. The fourth-order valence-electron chi connectivity index (χ4n) is 1.51. The number of anilines is 1. The van der Waals surface area contributed by atoms with Crippen molar-refractivity contribution in [2.24, 2.45) is 5.10 Å². The van der Waals surface area contributed by atoms with Gasteiger partial charge in [-0.2, -0.15) is 5.10 Å². The van der Waals surface area contributed by atoms with Crippen LogP contribution in [0.1, 0.15) is 15.9 Å². The fraction of sp³-hybridized carbons (Fsp3) is 0. The molecule has 0 radical (unpaired) electrons. The molecule has 0 bridgehead atoms. The van der Waals surface area contributed by atoms with Crippen LogP contribution in [0.5, 0.6) is 0 Å². The van der Waals surface area contributed by atoms with E-state index in [0.717, 1.165) is 10.0 Å². The number of nitrogens with zero attached hydrogens (tertiary/aromatic N) is 1. The summed E-state index contributed by atoms with van der Waals surface area (Å²) in [7, 11) is 0. The molecule has 6 heteroatoms. The van der Waals surface area contributed by atoms with Gasteiger partial charge in [-0.3, -0.25) is 5.43 Å². The van der Waals surface area contributed by atoms with Crippen molar-refractivity contribution >= 4 is 45.4 Å². The number of carboxylic acid groups (broad SMARTS) is 1. The van der Waals surface area contributed by atoms with Gasteiger partial charge in [0.15, 0.2) is 0 Å². The summed E-state index contributed by atoms with van der Waals surface area (Å²) in [6.45, 7) is 0. The zero-order valence-electron chi connectivity index (χ0n) is 10.2. The van der Waals surface area contributed by atoms with Crippen LogP contribution < -0.4 is 5.43 Å². The van der Waals surface area contributed by atoms with E-state index in [2.05, 4.69) is 26.5 Å². The third-order valence-electron chi connectivity index (χ3n) is 2.50. The average molecular weight is 354 g/mol. The van der Waals surface area contributed by atoms with Gasteiger partial charge in [0.1, 0.15) is 0 Å². The van der Waals surface area contributed by atoms with Crippen molar-refractivity contribution in [3.63, 3.8) is 0 Å². The molecule has 0 spiro atoms. The first-order chi connectivity index (χ1) is 9.58. The summed E-state index contributed by atoms with van der Waals surface area (Å²) in [5.74, 6) is -1.08. The fourth-order valence-corrected chi connectivity index (χ4v) is 2.10. The SMILES string of the molecule is O=C(O)c1cc(N/N=C\c2ccccc2Br)ccc1Cl. The van der Waals surface area contributed by atoms with Crippen LogP contribution in [0.15, 0.2) is 52.0 Å². The summed E-state index contributed by atoms with van der Waals surface area (Å²) in [5, 5.41) is 13.2. The zero-order valence-corrected chi connectivity index (χ0v) is 12.5. The Bertz CT molecular complexity index is 674. The predicted octanol–water partition coefficient (Wildman–Crippen LogP) is 4.25. The van der Waals surface area contributed by atoms with Gasteiger partial charge in [0.25, 0.3) is 0 Å². The average Bonchev–Trinajstić information content (AvgIpc) is 2.42. The maximum absolute atomic E-state index is 11.0. The third-order valence-corrected chi connectivity index (χ3v) is 3.55. The Balaban J connectivity index is 2.14. The molecule has 0 aliphatic carbocycles. The Morgan fingerprint density at radius 1 is 1.30 bits per heavy atom. The van der Waals surface area contributed by atoms with Gasteiger partial charge >= 0.3 is 5.97 Å². The van der Waals surface area contributed by atoms with Crippen molar-refractivity contribution in [1.29, 1.82) is 0 Å². The van der Waals surface area contributed by atoms with Crippen LogP contribution >= 0.6 is 27.5 Å². The van der Waals surface area contributed by atoms with Crippen LogP contribution in [0.25, 0.3) is 0 Å². The van der Waals surface area contributed by atoms with E-state index in [0.29, 0.717) is 5.69 Å². The summed E-state index contributed by atoms with van der Waals surface area (Å²) in [5.41, 5.74) is 4.27. The van der Waals surface area contributed by atoms with Crippen LogP contribution in [-0.4, -0.2) is 17.3 Å². The van der Waals surface area contributed by atoms with Crippen molar-refractivity contribution in [2.75, 3.05) is 5.43 Å². The summed E-state index contributed by atoms with van der Waals surface area (Å²) in [6, 6.07) is 12.2. The number of carbonyl (C=O) groups is 1. The predicted molar refractivity (Wildman–Crippen MR) is 83.8 cm³/mol. The standard InChI is InChI=1S/C14H10BrClN2O2/c15-12-4-2-1-3-9(12)8-17-18-10-5-6-13(16)11(7-10)14(19)20/h1-8,18H,(H,19,20)/b17-8-. The maximum Gasteiger partial charge on any atom is 0.337 e. The molecule has 2 aromatic carbocycles. The molecule has 2 rings (SSSR count). The molecule has 102 valence electrons. The first-order valence-corrected chi connectivity index (χ1v) is 6.81. The minimum Gasteiger partial charge on any atom is -0.478 e. The second-order valence-electron chi connectivity index (χ2n) is 3.89. The molecule has 0 unspecified atom stereocenters. The molecule has 0 fully saturated rings. The Hall–Kier alpha value is -1.85. The first kappa shape index (κ1) is 14.6. The van der Waals surface area contributed by atoms with Crippen LogP contribution in [-0.2, 0) is 0 Å². The van der Waals surface area contributed by atoms with Crippen molar-refractivity contribution in [1.82, 2.24) is 0 Å². The molecule has 0 aliphatic rings. The lowest BCUT2D eigenvalue weighted by atomic mass is 10.2. The molecular weight excluding hydrogens is 344 g/mol. The summed E-state index contributed by atoms with van der Waals surface area (Å²) in [6.07, 6.45) is 1.64. The smallest absolute Gasteiger partial charge is 0.337 e. The highest BCUT2D eigenvalue weighted by molar-refractivity contribution is 9.10. The topological polar surface area (TPSA) is 61.7 Å². The number of hydrazone groups is 1. The number of carboxylic acids is 1. The number of halogens is 2. The summed E-state index contributed by atoms with van der Waals surface area (Å²) >= 11 is 9.20. The normalized spacial score (nSPS) is 10.7. The minimum absolute atomic E-state index is 0.0350. The van der Waals surface area contributed by atoms with Crippen LogP contribution in [0.3, 0.4) is 0 Å². The lowest BCUT2D eigenvalue weighted by molar-refractivity contribution is 0.0697. The third kappa shape index (κ3) is 3.59. The molecule has 20 heavy (non-hydrogen) atoms. The van der Waals surface area contributed by atoms with E-state index in [1.54, 1.807) is 12.3 Å². The second kappa shape index (κ2) is 6.54. The highest BCUT2D eigenvalue weighted by Gasteiger charge is 2.08. The first-order valence-electron chi connectivity index (χ1n) is 5.64. The molecule has 0 saturated heterocycles. The van der Waals surface area contributed by atoms with Crippen molar-refractivity contribution in [3.8, 4) is 0 Å². The van der Waals surface area contributed by atoms with E-state index in [1.165, 1.54) is 12.1 Å². The summed E-state index contributed by atoms with van der Waals surface area (Å²) in [4.78, 5) is 11.0. The van der Waals surface area contributed by atoms with Gasteiger partial charge in [-0.1, -0.05) is 45.7 Å². The van der Waals surface area contributed by atoms with Gasteiger partial charge in [-0.05, 0) is 24.3 Å². The van der Waals surface area contributed by atoms with E-state index in [4.69, 9.17) is 16.7 Å². The molecule has 0 aliphatic heterocycles. The Morgan fingerprint density at radius 3 is 2.75 bits per heavy atom. The van der Waals surface area contributed by atoms with Gasteiger partial charge < -0.3 is 5.11 Å². The van der Waals surface area contributed by atoms with Gasteiger partial charge in [0, 0.05) is 10.0 Å². The van der Waals surface area contributed by atoms with E-state index in [1.807, 2.05) is 24.3 Å². The van der Waals surface area contributed by atoms with Crippen molar-refractivity contribution in [3.05, 3.63) is 63.1 Å². The number of nitrogens with one attached hydrogen (secondary N) is 1. The lowest BCUT2D eigenvalue weighted by Crippen LogP contribution is -1.99. The Kier molecular flexibility index (Phi) is 4.76. The van der Waals surface area contributed by atoms with E-state index >= 15 is 0 Å². The van der Waals surface area contributed by atoms with E-state index < -0.39 is 5.97 Å². The lowest BCUT2D eigenvalue weighted by Gasteiger charge is -2.04. The monoisotopic (exact) mass is 352 g/mol. The van der Waals surface area contributed by atoms with Crippen LogP contribution in [0.4, 0.5) is 5.69 Å². The summed E-state index contributed by atoms with van der Waals surface area (Å²) < 4.78 is 0.924. The minimum atomic E-state index is -1.08. The Morgan fingerprint density at radius 2 is 2.05 bits per heavy atom. The van der Waals surface area contributed by atoms with Crippen molar-refractivity contribution < 1.29 is 9.90 Å². The molecule has 2 N–H and O–H groups in total. The van der Waals surface area contributed by atoms with Crippen LogP contribution in [0.2, 0.25) is 5.02 Å². The Labute approximate surface area is 129 Å². The van der Waals surface area contributed by atoms with Crippen LogP contribution in [0, 0.1) is 0 Å². The van der Waals surface area contributed by atoms with Gasteiger partial charge in [0.2, 0.25) is 0 Å². The van der Waals surface area contributed by atoms with Gasteiger partial charge in [-0.25, -0.2) is 4.79 Å². The highest BCUT2D eigenvalue weighted by Crippen LogP contribution is 2.20. The largest absolute Gasteiger partial charge is 0.478 e. The molecule has 0 saturated carbocycles. The molecule has 0 aromatic heterocycles. The van der Waals surface area contributed by atoms with E-state index in [9.17, 15) is 4.79 Å². The number of benzene rings is 2. The number of hydrogen-bond acceptors (Lipinski definition) is 3. The van der Waals surface area contributed by atoms with E-state index in [-0.39, 0.29) is 10.6 Å².